The largest absolute Gasteiger partial charge is 0.391 e. The summed E-state index contributed by atoms with van der Waals surface area (Å²) >= 11 is 7.70. The first-order valence-electron chi connectivity index (χ1n) is 11.9. The molecule has 1 amide bonds. The molecule has 1 aromatic carbocycles. The average Bonchev–Trinajstić information content (AvgIpc) is 3.51. The molecule has 36 heavy (non-hydrogen) atoms. The van der Waals surface area contributed by atoms with Gasteiger partial charge < -0.3 is 19.6 Å². The van der Waals surface area contributed by atoms with Gasteiger partial charge in [-0.3, -0.25) is 4.79 Å². The number of anilines is 2. The molecule has 4 heterocycles. The SMILES string of the molecule is C#N.CSNc1ccc(Cl)cc1C(=O)N1CCCCC1c1cc2nc(N3CCC(O)C3)c(C)cn2n1. The summed E-state index contributed by atoms with van der Waals surface area (Å²) in [5.41, 5.74) is 3.94. The standard InChI is InChI=1S/C24H29ClN6O2S.CHN/c1-15-13-31-22(26-23(15)29-10-8-17(32)14-29)12-20(27-31)21-5-3-4-9-30(21)24(33)18-11-16(25)6-7-19(18)28-34-2;1-2/h6-7,11-13,17,21,28,32H,3-5,8-10,14H2,1-2H3;1H. The van der Waals surface area contributed by atoms with Crippen LogP contribution in [0.15, 0.2) is 30.5 Å². The Bertz CT molecular complexity index is 1260. The number of nitrogens with one attached hydrogen (secondary N) is 1. The van der Waals surface area contributed by atoms with E-state index in [0.717, 1.165) is 60.6 Å². The number of likely N-dealkylation sites (tertiary alicyclic amines) is 1. The van der Waals surface area contributed by atoms with Gasteiger partial charge in [-0.15, -0.1) is 0 Å². The van der Waals surface area contributed by atoms with E-state index in [1.165, 1.54) is 11.9 Å². The first-order valence-corrected chi connectivity index (χ1v) is 13.5. The van der Waals surface area contributed by atoms with Crippen molar-refractivity contribution in [2.45, 2.75) is 44.8 Å². The lowest BCUT2D eigenvalue weighted by Gasteiger charge is -2.35. The minimum atomic E-state index is -0.309. The number of rotatable bonds is 5. The zero-order valence-corrected chi connectivity index (χ0v) is 22.0. The molecule has 5 rings (SSSR count). The molecule has 0 spiro atoms. The van der Waals surface area contributed by atoms with E-state index in [4.69, 9.17) is 26.9 Å². The number of piperidine rings is 1. The van der Waals surface area contributed by atoms with E-state index in [9.17, 15) is 9.90 Å². The lowest BCUT2D eigenvalue weighted by Crippen LogP contribution is -2.39. The Morgan fingerprint density at radius 1 is 1.25 bits per heavy atom. The lowest BCUT2D eigenvalue weighted by atomic mass is 9.98. The number of carbonyl (C=O) groups excluding carboxylic acids is 1. The quantitative estimate of drug-likeness (QED) is 0.468. The fraction of sp³-hybridized carbons (Fsp3) is 0.440. The van der Waals surface area contributed by atoms with E-state index in [2.05, 4.69) is 16.2 Å². The summed E-state index contributed by atoms with van der Waals surface area (Å²) in [7, 11) is 0. The smallest absolute Gasteiger partial charge is 0.256 e. The predicted molar refractivity (Wildman–Crippen MR) is 143 cm³/mol. The molecule has 2 aliphatic heterocycles. The maximum Gasteiger partial charge on any atom is 0.256 e. The second kappa shape index (κ2) is 11.4. The normalized spacial score (nSPS) is 19.7. The number of aliphatic hydroxyl groups is 1. The monoisotopic (exact) mass is 527 g/mol. The van der Waals surface area contributed by atoms with Crippen molar-refractivity contribution < 1.29 is 9.90 Å². The van der Waals surface area contributed by atoms with E-state index in [-0.39, 0.29) is 18.1 Å². The summed E-state index contributed by atoms with van der Waals surface area (Å²) in [4.78, 5) is 22.6. The van der Waals surface area contributed by atoms with Gasteiger partial charge in [0.25, 0.3) is 5.91 Å². The van der Waals surface area contributed by atoms with Gasteiger partial charge >= 0.3 is 0 Å². The minimum Gasteiger partial charge on any atom is -0.391 e. The van der Waals surface area contributed by atoms with Gasteiger partial charge in [-0.2, -0.15) is 5.10 Å². The molecule has 0 aliphatic carbocycles. The van der Waals surface area contributed by atoms with Crippen LogP contribution in [0.1, 0.15) is 53.3 Å². The molecule has 0 bridgehead atoms. The van der Waals surface area contributed by atoms with Crippen LogP contribution in [0, 0.1) is 18.8 Å². The molecule has 0 radical (unpaired) electrons. The molecular formula is C25H30ClN7O2S. The molecule has 2 saturated heterocycles. The Kier molecular flexibility index (Phi) is 8.24. The number of β-amino-alcohol motifs (C(OH)–C–C–N with tert-alkyl or cyclic N) is 1. The van der Waals surface area contributed by atoms with Gasteiger partial charge in [0.05, 0.1) is 29.1 Å². The number of carbonyl (C=O) groups is 1. The van der Waals surface area contributed by atoms with Gasteiger partial charge in [0.2, 0.25) is 0 Å². The highest BCUT2D eigenvalue weighted by molar-refractivity contribution is 7.99. The Morgan fingerprint density at radius 3 is 2.78 bits per heavy atom. The van der Waals surface area contributed by atoms with E-state index in [0.29, 0.717) is 23.7 Å². The molecule has 0 saturated carbocycles. The van der Waals surface area contributed by atoms with Gasteiger partial charge in [-0.1, -0.05) is 23.5 Å². The van der Waals surface area contributed by atoms with Crippen LogP contribution in [0.25, 0.3) is 5.65 Å². The van der Waals surface area contributed by atoms with Crippen molar-refractivity contribution in [1.29, 1.82) is 5.26 Å². The maximum absolute atomic E-state index is 13.7. The number of fused-ring (bicyclic) bond motifs is 1. The highest BCUT2D eigenvalue weighted by Crippen LogP contribution is 2.34. The van der Waals surface area contributed by atoms with Crippen LogP contribution < -0.4 is 9.62 Å². The zero-order valence-electron chi connectivity index (χ0n) is 20.4. The van der Waals surface area contributed by atoms with Crippen LogP contribution in [0.2, 0.25) is 5.02 Å². The van der Waals surface area contributed by atoms with Crippen LogP contribution in [-0.2, 0) is 0 Å². The van der Waals surface area contributed by atoms with Crippen LogP contribution in [-0.4, -0.2) is 62.5 Å². The van der Waals surface area contributed by atoms with Crippen molar-refractivity contribution in [3.63, 3.8) is 0 Å². The minimum absolute atomic E-state index is 0.0447. The zero-order chi connectivity index (χ0) is 25.8. The summed E-state index contributed by atoms with van der Waals surface area (Å²) in [6, 6.07) is 7.24. The molecule has 11 heteroatoms. The molecular weight excluding hydrogens is 498 g/mol. The summed E-state index contributed by atoms with van der Waals surface area (Å²) in [5.74, 6) is 0.843. The Hall–Kier alpha value is -3.00. The number of aromatic nitrogens is 3. The topological polar surface area (TPSA) is 110 Å². The number of halogens is 1. The van der Waals surface area contributed by atoms with E-state index in [1.807, 2.05) is 36.4 Å². The number of hydrogen-bond acceptors (Lipinski definition) is 8. The van der Waals surface area contributed by atoms with E-state index < -0.39 is 0 Å². The third-order valence-corrected chi connectivity index (χ3v) is 7.28. The van der Waals surface area contributed by atoms with Crippen molar-refractivity contribution in [2.24, 2.45) is 0 Å². The first kappa shape index (κ1) is 26.1. The molecule has 2 unspecified atom stereocenters. The number of nitrogens with zero attached hydrogens (tertiary/aromatic N) is 6. The molecule has 2 aromatic heterocycles. The van der Waals surface area contributed by atoms with Crippen molar-refractivity contribution in [2.75, 3.05) is 35.5 Å². The highest BCUT2D eigenvalue weighted by atomic mass is 35.5. The summed E-state index contributed by atoms with van der Waals surface area (Å²) in [6.45, 7) is 7.58. The van der Waals surface area contributed by atoms with Crippen molar-refractivity contribution >= 4 is 46.6 Å². The fourth-order valence-electron chi connectivity index (χ4n) is 4.97. The van der Waals surface area contributed by atoms with Crippen LogP contribution in [0.5, 0.6) is 0 Å². The van der Waals surface area contributed by atoms with E-state index in [1.54, 1.807) is 16.6 Å². The third kappa shape index (κ3) is 5.24. The van der Waals surface area contributed by atoms with Crippen LogP contribution in [0.4, 0.5) is 11.5 Å². The number of aryl methyl sites for hydroxylation is 1. The number of hydrogen-bond donors (Lipinski definition) is 2. The molecule has 2 atom stereocenters. The van der Waals surface area contributed by atoms with Gasteiger partial charge in [-0.25, -0.2) is 14.8 Å². The first-order chi connectivity index (χ1) is 17.4. The number of aliphatic hydroxyl groups excluding tert-OH is 1. The summed E-state index contributed by atoms with van der Waals surface area (Å²) in [6.07, 6.45) is 7.21. The molecule has 2 aliphatic rings. The van der Waals surface area contributed by atoms with Gasteiger partial charge in [0, 0.05) is 55.3 Å². The number of nitriles is 1. The van der Waals surface area contributed by atoms with Crippen LogP contribution in [0.3, 0.4) is 0 Å². The van der Waals surface area contributed by atoms with Gasteiger partial charge in [0.15, 0.2) is 5.65 Å². The van der Waals surface area contributed by atoms with Crippen molar-refractivity contribution in [1.82, 2.24) is 19.5 Å². The van der Waals surface area contributed by atoms with Gasteiger partial charge in [0.1, 0.15) is 5.82 Å². The summed E-state index contributed by atoms with van der Waals surface area (Å²) < 4.78 is 5.00. The Morgan fingerprint density at radius 2 is 2.06 bits per heavy atom. The number of benzene rings is 1. The number of amides is 1. The maximum atomic E-state index is 13.7. The average molecular weight is 528 g/mol. The van der Waals surface area contributed by atoms with Crippen LogP contribution >= 0.6 is 23.5 Å². The lowest BCUT2D eigenvalue weighted by molar-refractivity contribution is 0.0607. The third-order valence-electron chi connectivity index (χ3n) is 6.62. The highest BCUT2D eigenvalue weighted by Gasteiger charge is 2.32. The Balaban J connectivity index is 0.00000148. The molecule has 9 nitrogen and oxygen atoms in total. The summed E-state index contributed by atoms with van der Waals surface area (Å²) in [5, 5.41) is 21.8. The molecule has 2 fully saturated rings. The second-order valence-corrected chi connectivity index (χ2v) is 10.1. The fourth-order valence-corrected chi connectivity index (χ4v) is 5.54. The van der Waals surface area contributed by atoms with Crippen molar-refractivity contribution in [3.8, 4) is 6.57 Å². The molecule has 3 aromatic rings. The molecule has 2 N–H and O–H groups in total. The molecule has 190 valence electrons. The van der Waals surface area contributed by atoms with Crippen molar-refractivity contribution in [3.05, 3.63) is 52.3 Å². The van der Waals surface area contributed by atoms with E-state index >= 15 is 0 Å². The Labute approximate surface area is 220 Å². The van der Waals surface area contributed by atoms with Gasteiger partial charge in [-0.05, 0) is 50.8 Å². The predicted octanol–water partition coefficient (Wildman–Crippen LogP) is 4.46. The second-order valence-electron chi connectivity index (χ2n) is 9.01.